The van der Waals surface area contributed by atoms with E-state index in [0.29, 0.717) is 0 Å². The number of carbonyl (C=O) groups excluding carboxylic acids is 1. The lowest BCUT2D eigenvalue weighted by atomic mass is 9.93. The monoisotopic (exact) mass is 186 g/mol. The van der Waals surface area contributed by atoms with Crippen molar-refractivity contribution < 1.29 is 14.6 Å². The van der Waals surface area contributed by atoms with Crippen molar-refractivity contribution in [3.63, 3.8) is 0 Å². The second-order valence-electron chi connectivity index (χ2n) is 3.66. The van der Waals surface area contributed by atoms with Crippen LogP contribution in [0.3, 0.4) is 0 Å². The van der Waals surface area contributed by atoms with Gasteiger partial charge in [-0.1, -0.05) is 19.8 Å². The number of esters is 1. The van der Waals surface area contributed by atoms with Gasteiger partial charge in [-0.05, 0) is 19.3 Å². The molecule has 0 aliphatic carbocycles. The summed E-state index contributed by atoms with van der Waals surface area (Å²) in [4.78, 5) is 11.3. The molecule has 1 aliphatic heterocycles. The molecule has 1 unspecified atom stereocenters. The van der Waals surface area contributed by atoms with Crippen molar-refractivity contribution in [2.75, 3.05) is 6.61 Å². The summed E-state index contributed by atoms with van der Waals surface area (Å²) in [6.45, 7) is 2.08. The van der Waals surface area contributed by atoms with E-state index in [-0.39, 0.29) is 24.6 Å². The molecule has 1 aliphatic rings. The highest BCUT2D eigenvalue weighted by atomic mass is 16.6. The predicted octanol–water partition coefficient (Wildman–Crippen LogP) is 1.49. The van der Waals surface area contributed by atoms with E-state index in [4.69, 9.17) is 9.84 Å². The highest BCUT2D eigenvalue weighted by Crippen LogP contribution is 2.24. The summed E-state index contributed by atoms with van der Waals surface area (Å²) in [7, 11) is 0. The third-order valence-electron chi connectivity index (χ3n) is 2.56. The number of aliphatic hydroxyl groups is 1. The van der Waals surface area contributed by atoms with Crippen molar-refractivity contribution >= 4 is 5.97 Å². The molecule has 0 aromatic carbocycles. The predicted molar refractivity (Wildman–Crippen MR) is 49.2 cm³/mol. The Morgan fingerprint density at radius 2 is 2.31 bits per heavy atom. The molecule has 0 bridgehead atoms. The SMILES string of the molecule is CCCCC1CC[C@@H](CO)OC1=O. The minimum absolute atomic E-state index is 0.0355. The van der Waals surface area contributed by atoms with E-state index < -0.39 is 0 Å². The van der Waals surface area contributed by atoms with E-state index in [1.165, 1.54) is 0 Å². The maximum atomic E-state index is 11.3. The van der Waals surface area contributed by atoms with Crippen LogP contribution in [0.4, 0.5) is 0 Å². The zero-order valence-corrected chi connectivity index (χ0v) is 8.16. The molecule has 13 heavy (non-hydrogen) atoms. The van der Waals surface area contributed by atoms with Gasteiger partial charge in [0.1, 0.15) is 6.10 Å². The average Bonchev–Trinajstić information content (AvgIpc) is 2.16. The molecule has 0 aromatic heterocycles. The van der Waals surface area contributed by atoms with Crippen molar-refractivity contribution in [2.24, 2.45) is 5.92 Å². The van der Waals surface area contributed by atoms with Crippen LogP contribution in [-0.4, -0.2) is 23.8 Å². The summed E-state index contributed by atoms with van der Waals surface area (Å²) >= 11 is 0. The van der Waals surface area contributed by atoms with Crippen LogP contribution in [0.15, 0.2) is 0 Å². The minimum atomic E-state index is -0.245. The molecule has 2 atom stereocenters. The van der Waals surface area contributed by atoms with Gasteiger partial charge in [0.15, 0.2) is 0 Å². The highest BCUT2D eigenvalue weighted by molar-refractivity contribution is 5.73. The lowest BCUT2D eigenvalue weighted by Gasteiger charge is -2.26. The molecule has 1 rings (SSSR count). The van der Waals surface area contributed by atoms with Gasteiger partial charge in [-0.15, -0.1) is 0 Å². The van der Waals surface area contributed by atoms with Gasteiger partial charge in [0.2, 0.25) is 0 Å². The Morgan fingerprint density at radius 3 is 2.85 bits per heavy atom. The summed E-state index contributed by atoms with van der Waals surface area (Å²) in [5, 5.41) is 8.79. The van der Waals surface area contributed by atoms with Crippen LogP contribution < -0.4 is 0 Å². The largest absolute Gasteiger partial charge is 0.460 e. The Labute approximate surface area is 79.1 Å². The van der Waals surface area contributed by atoms with E-state index in [0.717, 1.165) is 32.1 Å². The molecule has 76 valence electrons. The number of rotatable bonds is 4. The van der Waals surface area contributed by atoms with Gasteiger partial charge in [-0.3, -0.25) is 4.79 Å². The number of carbonyl (C=O) groups is 1. The van der Waals surface area contributed by atoms with Crippen molar-refractivity contribution in [1.82, 2.24) is 0 Å². The van der Waals surface area contributed by atoms with Crippen molar-refractivity contribution in [2.45, 2.75) is 45.1 Å². The van der Waals surface area contributed by atoms with Gasteiger partial charge in [0, 0.05) is 0 Å². The second-order valence-corrected chi connectivity index (χ2v) is 3.66. The van der Waals surface area contributed by atoms with Crippen LogP contribution in [0.25, 0.3) is 0 Å². The first-order valence-corrected chi connectivity index (χ1v) is 5.09. The van der Waals surface area contributed by atoms with E-state index in [1.807, 2.05) is 0 Å². The van der Waals surface area contributed by atoms with Crippen LogP contribution in [0, 0.1) is 5.92 Å². The summed E-state index contributed by atoms with van der Waals surface area (Å²) < 4.78 is 5.06. The molecule has 0 amide bonds. The molecular weight excluding hydrogens is 168 g/mol. The van der Waals surface area contributed by atoms with Gasteiger partial charge >= 0.3 is 5.97 Å². The fourth-order valence-electron chi connectivity index (χ4n) is 1.67. The number of aliphatic hydroxyl groups excluding tert-OH is 1. The lowest BCUT2D eigenvalue weighted by molar-refractivity contribution is -0.163. The summed E-state index contributed by atoms with van der Waals surface area (Å²) in [6.07, 6.45) is 4.59. The number of hydrogen-bond acceptors (Lipinski definition) is 3. The van der Waals surface area contributed by atoms with Gasteiger partial charge in [-0.2, -0.15) is 0 Å². The maximum absolute atomic E-state index is 11.3. The maximum Gasteiger partial charge on any atom is 0.309 e. The highest BCUT2D eigenvalue weighted by Gasteiger charge is 2.28. The van der Waals surface area contributed by atoms with E-state index >= 15 is 0 Å². The fraction of sp³-hybridized carbons (Fsp3) is 0.900. The van der Waals surface area contributed by atoms with Crippen molar-refractivity contribution in [3.8, 4) is 0 Å². The topological polar surface area (TPSA) is 46.5 Å². The standard InChI is InChI=1S/C10H18O3/c1-2-3-4-8-5-6-9(7-11)13-10(8)12/h8-9,11H,2-7H2,1H3/t8?,9-/m0/s1. The molecule has 1 heterocycles. The minimum Gasteiger partial charge on any atom is -0.460 e. The number of unbranched alkanes of at least 4 members (excludes halogenated alkanes) is 1. The first-order valence-electron chi connectivity index (χ1n) is 5.09. The molecule has 3 heteroatoms. The number of ether oxygens (including phenoxy) is 1. The van der Waals surface area contributed by atoms with Gasteiger partial charge in [-0.25, -0.2) is 0 Å². The smallest absolute Gasteiger partial charge is 0.309 e. The molecule has 0 aromatic rings. The van der Waals surface area contributed by atoms with Gasteiger partial charge in [0.05, 0.1) is 12.5 Å². The molecule has 0 spiro atoms. The van der Waals surface area contributed by atoms with Crippen LogP contribution in [0.2, 0.25) is 0 Å². The summed E-state index contributed by atoms with van der Waals surface area (Å²) in [5.74, 6) is -0.0264. The Balaban J connectivity index is 2.31. The number of cyclic esters (lactones) is 1. The Bertz CT molecular complexity index is 168. The molecular formula is C10H18O3. The van der Waals surface area contributed by atoms with E-state index in [1.54, 1.807) is 0 Å². The molecule has 1 fully saturated rings. The molecule has 1 N–H and O–H groups in total. The zero-order chi connectivity index (χ0) is 9.68. The Morgan fingerprint density at radius 1 is 1.54 bits per heavy atom. The van der Waals surface area contributed by atoms with Crippen LogP contribution >= 0.6 is 0 Å². The van der Waals surface area contributed by atoms with Crippen LogP contribution in [0.1, 0.15) is 39.0 Å². The normalized spacial score (nSPS) is 28.6. The Kier molecular flexibility index (Phi) is 4.22. The fourth-order valence-corrected chi connectivity index (χ4v) is 1.67. The zero-order valence-electron chi connectivity index (χ0n) is 8.16. The van der Waals surface area contributed by atoms with E-state index in [2.05, 4.69) is 6.92 Å². The summed E-state index contributed by atoms with van der Waals surface area (Å²) in [6, 6.07) is 0. The average molecular weight is 186 g/mol. The lowest BCUT2D eigenvalue weighted by Crippen LogP contribution is -2.33. The van der Waals surface area contributed by atoms with Crippen molar-refractivity contribution in [1.29, 1.82) is 0 Å². The van der Waals surface area contributed by atoms with Crippen LogP contribution in [-0.2, 0) is 9.53 Å². The molecule has 0 saturated carbocycles. The summed E-state index contributed by atoms with van der Waals surface area (Å²) in [5.41, 5.74) is 0. The van der Waals surface area contributed by atoms with Gasteiger partial charge < -0.3 is 9.84 Å². The van der Waals surface area contributed by atoms with Crippen molar-refractivity contribution in [3.05, 3.63) is 0 Å². The molecule has 1 saturated heterocycles. The first kappa shape index (κ1) is 10.5. The Hall–Kier alpha value is -0.570. The van der Waals surface area contributed by atoms with Gasteiger partial charge in [0.25, 0.3) is 0 Å². The first-order chi connectivity index (χ1) is 6.27. The second kappa shape index (κ2) is 5.22. The molecule has 0 radical (unpaired) electrons. The third-order valence-corrected chi connectivity index (χ3v) is 2.56. The number of hydrogen-bond donors (Lipinski definition) is 1. The van der Waals surface area contributed by atoms with Crippen LogP contribution in [0.5, 0.6) is 0 Å². The third kappa shape index (κ3) is 2.99. The molecule has 3 nitrogen and oxygen atoms in total. The van der Waals surface area contributed by atoms with E-state index in [9.17, 15) is 4.79 Å². The quantitative estimate of drug-likeness (QED) is 0.677.